The maximum atomic E-state index is 10.6. The number of aromatic hydroxyl groups is 1. The number of carboxylic acids is 2. The number of aryl methyl sites for hydroxylation is 3. The molecule has 17 heteroatoms. The van der Waals surface area contributed by atoms with Crippen LogP contribution >= 0.6 is 0 Å². The van der Waals surface area contributed by atoms with Crippen LogP contribution in [0.15, 0.2) is 334 Å². The smallest absolute Gasteiger partial charge is 0.326 e. The number of carboxylic acid groups (broad SMARTS) is 2. The number of nitrogens with zero attached hydrogens (tertiary/aromatic N) is 4. The van der Waals surface area contributed by atoms with Gasteiger partial charge in [-0.1, -0.05) is 233 Å². The van der Waals surface area contributed by atoms with Gasteiger partial charge in [-0.25, -0.2) is 4.79 Å². The predicted molar refractivity (Wildman–Crippen MR) is 532 cm³/mol. The molecule has 16 aromatic rings. The molecule has 0 amide bonds. The van der Waals surface area contributed by atoms with Crippen molar-refractivity contribution in [2.75, 3.05) is 89.5 Å². The molecule has 656 valence electrons. The Hall–Kier alpha value is -14.2. The molecule has 24 rings (SSSR count). The van der Waals surface area contributed by atoms with Crippen LogP contribution < -0.4 is 35.6 Å². The SMILES string of the molecule is C=C1N(C)c2ccccc2C1(C)C.CC1Cc2ccccc2N1.CN1CCc2ccccc21.CN1c2ccccc2CC1c1ccccc1.O=C(O)C1Cc2ccccc2N1.O=C(O)Cc1c[nH]c2ccccc12.OCCc1c[nH]c2ccccc12.Oc1ccc2[nH]ccc2c1.c1cc2c3c(c1)CCCN3CCC2.c1ccc2[nH]ccc2c1.c1ccc2c(c1)CCCN2. The van der Waals surface area contributed by atoms with Crippen molar-refractivity contribution in [1.82, 2.24) is 19.9 Å². The number of para-hydroxylation sites is 10. The molecule has 128 heavy (non-hydrogen) atoms. The number of anilines is 7. The highest BCUT2D eigenvalue weighted by atomic mass is 16.4. The van der Waals surface area contributed by atoms with E-state index >= 15 is 0 Å². The number of fused-ring (bicyclic) bond motifs is 10. The number of nitrogens with one attached hydrogen (secondary N) is 7. The highest BCUT2D eigenvalue weighted by molar-refractivity contribution is 5.87. The Bertz CT molecular complexity index is 6180. The van der Waals surface area contributed by atoms with Crippen LogP contribution in [0.3, 0.4) is 0 Å². The molecule has 8 aliphatic heterocycles. The fourth-order valence-electron chi connectivity index (χ4n) is 18.1. The van der Waals surface area contributed by atoms with Crippen molar-refractivity contribution in [3.63, 3.8) is 0 Å². The average Bonchev–Trinajstić information content (AvgIpc) is 1.67. The van der Waals surface area contributed by atoms with Gasteiger partial charge in [0.05, 0.1) is 12.5 Å². The number of aliphatic carboxylic acids is 2. The highest BCUT2D eigenvalue weighted by Crippen LogP contribution is 2.46. The first-order valence-corrected chi connectivity index (χ1v) is 44.8. The van der Waals surface area contributed by atoms with Crippen LogP contribution in [-0.2, 0) is 72.8 Å². The van der Waals surface area contributed by atoms with Crippen molar-refractivity contribution in [3.05, 3.63) is 396 Å². The van der Waals surface area contributed by atoms with Crippen LogP contribution in [0.5, 0.6) is 5.75 Å². The lowest BCUT2D eigenvalue weighted by atomic mass is 9.85. The van der Waals surface area contributed by atoms with E-state index in [1.807, 2.05) is 110 Å². The van der Waals surface area contributed by atoms with E-state index in [1.54, 1.807) is 35.1 Å². The second kappa shape index (κ2) is 43.6. The van der Waals surface area contributed by atoms with E-state index in [9.17, 15) is 9.59 Å². The number of phenolic OH excluding ortho intramolecular Hbond substituents is 1. The fraction of sp³-hybridized carbons (Fsp3) is 0.243. The zero-order valence-electron chi connectivity index (χ0n) is 74.5. The summed E-state index contributed by atoms with van der Waals surface area (Å²) in [6, 6.07) is 102. The van der Waals surface area contributed by atoms with Gasteiger partial charge in [0.1, 0.15) is 11.8 Å². The number of hydrogen-bond donors (Lipinski definition) is 11. The molecule has 11 N–H and O–H groups in total. The van der Waals surface area contributed by atoms with Gasteiger partial charge in [0, 0.05) is 180 Å². The van der Waals surface area contributed by atoms with Gasteiger partial charge in [0.2, 0.25) is 0 Å². The minimum absolute atomic E-state index is 0.0734. The number of allylic oxidation sites excluding steroid dienone is 1. The third kappa shape index (κ3) is 22.9. The third-order valence-electron chi connectivity index (χ3n) is 24.9. The summed E-state index contributed by atoms with van der Waals surface area (Å²) in [5.74, 6) is -1.27. The lowest BCUT2D eigenvalue weighted by Gasteiger charge is -2.36. The van der Waals surface area contributed by atoms with Gasteiger partial charge in [-0.2, -0.15) is 0 Å². The summed E-state index contributed by atoms with van der Waals surface area (Å²) in [5, 5.41) is 49.4. The van der Waals surface area contributed by atoms with Crippen LogP contribution in [0.4, 0.5) is 39.8 Å². The summed E-state index contributed by atoms with van der Waals surface area (Å²) in [7, 11) is 6.41. The van der Waals surface area contributed by atoms with Crippen molar-refractivity contribution in [2.45, 2.75) is 121 Å². The average molecular weight is 1710 g/mol. The molecule has 12 aromatic carbocycles. The van der Waals surface area contributed by atoms with Crippen molar-refractivity contribution < 1.29 is 30.0 Å². The van der Waals surface area contributed by atoms with Crippen LogP contribution in [0.25, 0.3) is 43.6 Å². The number of H-pyrrole nitrogens is 4. The molecule has 0 fully saturated rings. The van der Waals surface area contributed by atoms with Gasteiger partial charge in [0.15, 0.2) is 0 Å². The largest absolute Gasteiger partial charge is 0.508 e. The standard InChI is InChI=1S/C15H15N.2C12H15N.C10H9NO2.C10H11NO.C9H9NO2.3C9H11N.C8H7NO.C8H7N/c1-16-14-10-6-5-9-13(14)11-15(16)12-7-3-2-4-8-12;1-4-10-6-2-8-13-9-3-7-11(5-1)12(10)13;1-9-12(2,3)10-7-5-6-8-11(10)13(9)4;12-10(13)5-7-6-11-9-4-2-1-3-8(7)9;12-6-5-8-7-11-10-4-2-1-3-9(8)10;11-9(12)8-5-6-3-1-2-4-7(6)10-8;1-10-7-6-8-4-2-3-5-9(8)10;1-7-6-8-4-2-3-5-9(8)10-7;1-2-6-9-8(4-1)5-3-7-10-9;10-7-1-2-8-6(5-7)3-4-9-8;1-2-4-8-7(3-1)5-6-9-8/h2-10,15H,11H2,1H3;1,4-5H,2-3,6-9H2;5-8H,1H2,2-4H3;1-4,6,11H,5H2,(H,12,13);1-4,7,11-12H,5-6H2;1-4,8,10H,5H2,(H,11,12);2-5H,6-7H2,1H3;2-5,7,10H,6H2,1H3;1-2,4,6,10H,3,5,7H2;1-5,9-10H;1-6,9H. The Morgan fingerprint density at radius 2 is 0.984 bits per heavy atom. The maximum absolute atomic E-state index is 10.6. The molecular weight excluding hydrogens is 1580 g/mol. The summed E-state index contributed by atoms with van der Waals surface area (Å²) in [4.78, 5) is 42.9. The van der Waals surface area contributed by atoms with E-state index in [-0.39, 0.29) is 18.4 Å². The van der Waals surface area contributed by atoms with Gasteiger partial charge < -0.3 is 75.9 Å². The normalized spacial score (nSPS) is 15.9. The van der Waals surface area contributed by atoms with Crippen molar-refractivity contribution in [2.24, 2.45) is 0 Å². The predicted octanol–water partition coefficient (Wildman–Crippen LogP) is 23.1. The second-order valence-electron chi connectivity index (χ2n) is 34.0. The number of likely N-dealkylation sites (N-methyl/N-ethyl adjacent to an activating group) is 3. The number of aromatic nitrogens is 4. The Kier molecular flexibility index (Phi) is 30.7. The minimum atomic E-state index is -0.801. The van der Waals surface area contributed by atoms with E-state index in [4.69, 9.17) is 20.4 Å². The minimum Gasteiger partial charge on any atom is -0.508 e. The Labute approximate surface area is 752 Å². The molecule has 0 aliphatic carbocycles. The number of rotatable bonds is 6. The zero-order valence-corrected chi connectivity index (χ0v) is 74.5. The van der Waals surface area contributed by atoms with Gasteiger partial charge >= 0.3 is 11.9 Å². The van der Waals surface area contributed by atoms with E-state index in [1.165, 1.54) is 160 Å². The molecule has 0 saturated carbocycles. The molecule has 0 bridgehead atoms. The zero-order chi connectivity index (χ0) is 89.3. The molecule has 3 atom stereocenters. The van der Waals surface area contributed by atoms with Gasteiger partial charge in [-0.15, -0.1) is 0 Å². The van der Waals surface area contributed by atoms with Crippen molar-refractivity contribution >= 4 is 95.4 Å². The number of phenols is 1. The molecule has 4 aromatic heterocycles. The number of carbonyl (C=O) groups is 2. The van der Waals surface area contributed by atoms with Crippen molar-refractivity contribution in [1.29, 1.82) is 0 Å². The van der Waals surface area contributed by atoms with Crippen molar-refractivity contribution in [3.8, 4) is 5.75 Å². The van der Waals surface area contributed by atoms with Gasteiger partial charge in [-0.3, -0.25) is 4.79 Å². The van der Waals surface area contributed by atoms with E-state index < -0.39 is 18.0 Å². The molecule has 8 aliphatic rings. The summed E-state index contributed by atoms with van der Waals surface area (Å²) in [5.41, 5.74) is 29.8. The molecule has 0 radical (unpaired) electrons. The molecular formula is C111H121N11O6. The molecule has 17 nitrogen and oxygen atoms in total. The van der Waals surface area contributed by atoms with E-state index in [0.29, 0.717) is 24.3 Å². The first-order valence-electron chi connectivity index (χ1n) is 44.8. The van der Waals surface area contributed by atoms with Crippen LogP contribution in [0.1, 0.15) is 107 Å². The topological polar surface area (TPSA) is 227 Å². The van der Waals surface area contributed by atoms with Gasteiger partial charge in [-0.05, 0) is 223 Å². The summed E-state index contributed by atoms with van der Waals surface area (Å²) in [6.45, 7) is 15.9. The Morgan fingerprint density at radius 3 is 1.60 bits per heavy atom. The molecule has 12 heterocycles. The molecule has 3 unspecified atom stereocenters. The lowest BCUT2D eigenvalue weighted by Crippen LogP contribution is -2.34. The summed E-state index contributed by atoms with van der Waals surface area (Å²) < 4.78 is 0. The molecule has 0 spiro atoms. The van der Waals surface area contributed by atoms with Gasteiger partial charge in [0.25, 0.3) is 0 Å². The Balaban J connectivity index is 0.000000114. The molecule has 0 saturated heterocycles. The summed E-state index contributed by atoms with van der Waals surface area (Å²) >= 11 is 0. The first kappa shape index (κ1) is 90.1. The lowest BCUT2D eigenvalue weighted by molar-refractivity contribution is -0.138. The Morgan fingerprint density at radius 1 is 0.461 bits per heavy atom. The number of hydrogen-bond acceptors (Lipinski definition) is 11. The fourth-order valence-corrected chi connectivity index (χ4v) is 18.1. The highest BCUT2D eigenvalue weighted by Gasteiger charge is 2.37. The quantitative estimate of drug-likeness (QED) is 0.0746. The van der Waals surface area contributed by atoms with Crippen LogP contribution in [0.2, 0.25) is 0 Å². The number of aromatic amines is 4. The maximum Gasteiger partial charge on any atom is 0.326 e. The van der Waals surface area contributed by atoms with Crippen LogP contribution in [-0.4, -0.2) is 118 Å². The van der Waals surface area contributed by atoms with E-state index in [0.717, 1.165) is 63.5 Å². The van der Waals surface area contributed by atoms with Crippen LogP contribution in [0, 0.1) is 0 Å². The number of benzene rings is 12. The number of aliphatic hydroxyl groups excluding tert-OH is 1. The monoisotopic (exact) mass is 1700 g/mol. The van der Waals surface area contributed by atoms with E-state index in [2.05, 4.69) is 298 Å². The third-order valence-corrected chi connectivity index (χ3v) is 24.9. The first-order chi connectivity index (χ1) is 62.3. The second-order valence-corrected chi connectivity index (χ2v) is 34.0. The summed E-state index contributed by atoms with van der Waals surface area (Å²) in [6.07, 6.45) is 20.2. The number of aliphatic hydroxyl groups is 1.